The molecule has 13 heavy (non-hydrogen) atoms. The van der Waals surface area contributed by atoms with Crippen molar-refractivity contribution in [1.29, 1.82) is 0 Å². The van der Waals surface area contributed by atoms with Crippen LogP contribution >= 0.6 is 11.8 Å². The van der Waals surface area contributed by atoms with E-state index in [1.54, 1.807) is 0 Å². The van der Waals surface area contributed by atoms with Crippen LogP contribution in [0.5, 0.6) is 0 Å². The van der Waals surface area contributed by atoms with Gasteiger partial charge in [0.15, 0.2) is 0 Å². The average Bonchev–Trinajstić information content (AvgIpc) is 2.13. The van der Waals surface area contributed by atoms with E-state index in [0.717, 1.165) is 30.2 Å². The molecule has 4 N–H and O–H groups in total. The van der Waals surface area contributed by atoms with Crippen LogP contribution in [-0.4, -0.2) is 12.3 Å². The Labute approximate surface area is 83.7 Å². The van der Waals surface area contributed by atoms with Gasteiger partial charge in [-0.25, -0.2) is 0 Å². The molecule has 0 aliphatic carbocycles. The van der Waals surface area contributed by atoms with Gasteiger partial charge in [-0.15, -0.1) is 0 Å². The minimum absolute atomic E-state index is 0.782. The van der Waals surface area contributed by atoms with Crippen LogP contribution in [0.25, 0.3) is 0 Å². The Kier molecular flexibility index (Phi) is 4.72. The summed E-state index contributed by atoms with van der Waals surface area (Å²) in [5.41, 5.74) is 13.2. The zero-order valence-electron chi connectivity index (χ0n) is 7.70. The molecule has 0 radical (unpaired) electrons. The third-order valence-electron chi connectivity index (χ3n) is 1.71. The van der Waals surface area contributed by atoms with E-state index in [1.165, 1.54) is 5.56 Å². The molecule has 0 unspecified atom stereocenters. The van der Waals surface area contributed by atoms with Crippen molar-refractivity contribution in [3.8, 4) is 0 Å². The van der Waals surface area contributed by atoms with Crippen LogP contribution in [-0.2, 0) is 5.75 Å². The number of rotatable bonds is 5. The Balaban J connectivity index is 2.28. The molecule has 0 saturated carbocycles. The summed E-state index contributed by atoms with van der Waals surface area (Å²) in [4.78, 5) is 0. The van der Waals surface area contributed by atoms with Gasteiger partial charge in [-0.2, -0.15) is 11.8 Å². The summed E-state index contributed by atoms with van der Waals surface area (Å²) >= 11 is 1.90. The molecular formula is C10H16N2S. The number of hydrogen-bond donors (Lipinski definition) is 2. The molecule has 0 atom stereocenters. The van der Waals surface area contributed by atoms with Crippen molar-refractivity contribution in [3.05, 3.63) is 29.8 Å². The van der Waals surface area contributed by atoms with Crippen LogP contribution in [0, 0.1) is 0 Å². The molecule has 0 fully saturated rings. The van der Waals surface area contributed by atoms with Crippen LogP contribution in [0.3, 0.4) is 0 Å². The van der Waals surface area contributed by atoms with E-state index < -0.39 is 0 Å². The van der Waals surface area contributed by atoms with E-state index in [2.05, 4.69) is 6.07 Å². The molecule has 3 heteroatoms. The molecule has 0 aliphatic heterocycles. The quantitative estimate of drug-likeness (QED) is 0.558. The van der Waals surface area contributed by atoms with Gasteiger partial charge in [-0.1, -0.05) is 12.1 Å². The molecule has 0 heterocycles. The van der Waals surface area contributed by atoms with E-state index in [-0.39, 0.29) is 0 Å². The summed E-state index contributed by atoms with van der Waals surface area (Å²) in [5, 5.41) is 0. The fourth-order valence-corrected chi connectivity index (χ4v) is 1.99. The molecule has 0 amide bonds. The van der Waals surface area contributed by atoms with Gasteiger partial charge in [0, 0.05) is 11.4 Å². The highest BCUT2D eigenvalue weighted by atomic mass is 32.2. The first-order chi connectivity index (χ1) is 6.33. The fraction of sp³-hybridized carbons (Fsp3) is 0.400. The lowest BCUT2D eigenvalue weighted by molar-refractivity contribution is 0.943. The highest BCUT2D eigenvalue weighted by Gasteiger charge is 1.93. The minimum atomic E-state index is 0.782. The van der Waals surface area contributed by atoms with Crippen LogP contribution in [0.15, 0.2) is 24.3 Å². The first-order valence-electron chi connectivity index (χ1n) is 4.45. The lowest BCUT2D eigenvalue weighted by Gasteiger charge is -2.01. The molecule has 0 aromatic heterocycles. The van der Waals surface area contributed by atoms with Crippen LogP contribution < -0.4 is 11.5 Å². The van der Waals surface area contributed by atoms with Crippen molar-refractivity contribution >= 4 is 17.4 Å². The Bertz CT molecular complexity index is 250. The van der Waals surface area contributed by atoms with Gasteiger partial charge in [0.1, 0.15) is 0 Å². The Hall–Kier alpha value is -0.670. The molecule has 0 saturated heterocycles. The largest absolute Gasteiger partial charge is 0.399 e. The van der Waals surface area contributed by atoms with E-state index in [0.29, 0.717) is 0 Å². The molecule has 0 bridgehead atoms. The summed E-state index contributed by atoms with van der Waals surface area (Å²) in [6.45, 7) is 0.782. The maximum atomic E-state index is 5.66. The van der Waals surface area contributed by atoms with Crippen molar-refractivity contribution in [2.24, 2.45) is 5.73 Å². The number of anilines is 1. The third-order valence-corrected chi connectivity index (χ3v) is 2.83. The number of hydrogen-bond acceptors (Lipinski definition) is 3. The van der Waals surface area contributed by atoms with Crippen molar-refractivity contribution in [3.63, 3.8) is 0 Å². The highest BCUT2D eigenvalue weighted by molar-refractivity contribution is 7.98. The van der Waals surface area contributed by atoms with Crippen molar-refractivity contribution < 1.29 is 0 Å². The van der Waals surface area contributed by atoms with Crippen LogP contribution in [0.1, 0.15) is 12.0 Å². The topological polar surface area (TPSA) is 52.0 Å². The summed E-state index contributed by atoms with van der Waals surface area (Å²) in [7, 11) is 0. The number of benzene rings is 1. The Morgan fingerprint density at radius 2 is 2.15 bits per heavy atom. The van der Waals surface area contributed by atoms with Crippen LogP contribution in [0.2, 0.25) is 0 Å². The predicted molar refractivity (Wildman–Crippen MR) is 60.7 cm³/mol. The molecule has 0 spiro atoms. The van der Waals surface area contributed by atoms with Crippen molar-refractivity contribution in [2.75, 3.05) is 18.0 Å². The first kappa shape index (κ1) is 10.4. The highest BCUT2D eigenvalue weighted by Crippen LogP contribution is 2.14. The average molecular weight is 196 g/mol. The lowest BCUT2D eigenvalue weighted by Crippen LogP contribution is -1.99. The van der Waals surface area contributed by atoms with E-state index in [1.807, 2.05) is 30.0 Å². The summed E-state index contributed by atoms with van der Waals surface area (Å²) in [6.07, 6.45) is 1.09. The fourth-order valence-electron chi connectivity index (χ4n) is 1.06. The summed E-state index contributed by atoms with van der Waals surface area (Å²) in [6, 6.07) is 8.03. The van der Waals surface area contributed by atoms with Gasteiger partial charge >= 0.3 is 0 Å². The van der Waals surface area contributed by atoms with Gasteiger partial charge in [-0.3, -0.25) is 0 Å². The van der Waals surface area contributed by atoms with Gasteiger partial charge in [0.25, 0.3) is 0 Å². The minimum Gasteiger partial charge on any atom is -0.399 e. The zero-order chi connectivity index (χ0) is 9.52. The Morgan fingerprint density at radius 3 is 2.85 bits per heavy atom. The van der Waals surface area contributed by atoms with E-state index >= 15 is 0 Å². The summed E-state index contributed by atoms with van der Waals surface area (Å²) in [5.74, 6) is 2.16. The molecule has 0 aliphatic rings. The standard InChI is InChI=1S/C10H16N2S/c11-5-2-6-13-8-9-3-1-4-10(12)7-9/h1,3-4,7H,2,5-6,8,11-12H2. The predicted octanol–water partition coefficient (Wildman–Crippen LogP) is 1.85. The smallest absolute Gasteiger partial charge is 0.0317 e. The van der Waals surface area contributed by atoms with Gasteiger partial charge in [0.05, 0.1) is 0 Å². The second-order valence-corrected chi connectivity index (χ2v) is 4.05. The number of nitrogen functional groups attached to an aromatic ring is 1. The zero-order valence-corrected chi connectivity index (χ0v) is 8.52. The SMILES string of the molecule is NCCCSCc1cccc(N)c1. The molecule has 72 valence electrons. The Morgan fingerprint density at radius 1 is 1.31 bits per heavy atom. The molecule has 1 aromatic carbocycles. The van der Waals surface area contributed by atoms with Gasteiger partial charge in [0.2, 0.25) is 0 Å². The third kappa shape index (κ3) is 4.20. The summed E-state index contributed by atoms with van der Waals surface area (Å²) < 4.78 is 0. The van der Waals surface area contributed by atoms with E-state index in [4.69, 9.17) is 11.5 Å². The maximum absolute atomic E-state index is 5.66. The monoisotopic (exact) mass is 196 g/mol. The maximum Gasteiger partial charge on any atom is 0.0317 e. The second-order valence-electron chi connectivity index (χ2n) is 2.94. The van der Waals surface area contributed by atoms with Gasteiger partial charge in [-0.05, 0) is 36.4 Å². The number of thioether (sulfide) groups is 1. The molecule has 2 nitrogen and oxygen atoms in total. The lowest BCUT2D eigenvalue weighted by atomic mass is 10.2. The first-order valence-corrected chi connectivity index (χ1v) is 5.60. The molecule has 1 aromatic rings. The second kappa shape index (κ2) is 5.89. The number of nitrogens with two attached hydrogens (primary N) is 2. The van der Waals surface area contributed by atoms with Gasteiger partial charge < -0.3 is 11.5 Å². The van der Waals surface area contributed by atoms with Crippen LogP contribution in [0.4, 0.5) is 5.69 Å². The van der Waals surface area contributed by atoms with Crippen molar-refractivity contribution in [2.45, 2.75) is 12.2 Å². The van der Waals surface area contributed by atoms with E-state index in [9.17, 15) is 0 Å². The molecule has 1 rings (SSSR count). The normalized spacial score (nSPS) is 10.2. The van der Waals surface area contributed by atoms with Crippen molar-refractivity contribution in [1.82, 2.24) is 0 Å². The molecular weight excluding hydrogens is 180 g/mol.